The van der Waals surface area contributed by atoms with Gasteiger partial charge in [-0.15, -0.1) is 0 Å². The van der Waals surface area contributed by atoms with Gasteiger partial charge in [-0.2, -0.15) is 5.26 Å². The number of rotatable bonds is 9. The Morgan fingerprint density at radius 2 is 1.94 bits per heavy atom. The van der Waals surface area contributed by atoms with E-state index in [9.17, 15) is 20.0 Å². The summed E-state index contributed by atoms with van der Waals surface area (Å²) in [6.45, 7) is 7.67. The smallest absolute Gasteiger partial charge is 0.268 e. The van der Waals surface area contributed by atoms with E-state index >= 15 is 0 Å². The predicted molar refractivity (Wildman–Crippen MR) is 138 cm³/mol. The Hall–Kier alpha value is -2.85. The molecule has 1 fully saturated rings. The molecule has 1 aromatic carbocycles. The number of nitrogens with zero attached hydrogens (tertiary/aromatic N) is 2. The highest BCUT2D eigenvalue weighted by Gasteiger charge is 2.33. The van der Waals surface area contributed by atoms with Gasteiger partial charge in [0.1, 0.15) is 11.7 Å². The Balaban J connectivity index is 1.73. The Bertz CT molecular complexity index is 1090. The van der Waals surface area contributed by atoms with Crippen LogP contribution in [0.1, 0.15) is 82.3 Å². The number of hydrogen-bond donors (Lipinski definition) is 3. The van der Waals surface area contributed by atoms with Gasteiger partial charge in [0.05, 0.1) is 17.6 Å². The van der Waals surface area contributed by atoms with Gasteiger partial charge in [-0.3, -0.25) is 9.59 Å². The van der Waals surface area contributed by atoms with Crippen molar-refractivity contribution in [1.82, 2.24) is 15.2 Å². The first kappa shape index (κ1) is 26.7. The van der Waals surface area contributed by atoms with Crippen LogP contribution in [0.2, 0.25) is 0 Å². The molecular formula is C28H40N4O3. The molecule has 1 heterocycles. The van der Waals surface area contributed by atoms with E-state index in [0.29, 0.717) is 30.9 Å². The number of amides is 2. The second-order valence-corrected chi connectivity index (χ2v) is 11.1. The van der Waals surface area contributed by atoms with Crippen molar-refractivity contribution in [2.45, 2.75) is 90.3 Å². The Morgan fingerprint density at radius 1 is 1.23 bits per heavy atom. The van der Waals surface area contributed by atoms with Crippen molar-refractivity contribution >= 4 is 22.7 Å². The number of carbonyl (C=O) groups excluding carboxylic acids is 2. The van der Waals surface area contributed by atoms with E-state index in [1.807, 2.05) is 43.7 Å². The number of aliphatic hydroxyl groups is 1. The second-order valence-electron chi connectivity index (χ2n) is 11.1. The van der Waals surface area contributed by atoms with Gasteiger partial charge in [0.2, 0.25) is 5.91 Å². The van der Waals surface area contributed by atoms with E-state index in [4.69, 9.17) is 0 Å². The summed E-state index contributed by atoms with van der Waals surface area (Å²) in [7, 11) is 1.88. The number of fused-ring (bicyclic) bond motifs is 1. The maximum Gasteiger partial charge on any atom is 0.268 e. The summed E-state index contributed by atoms with van der Waals surface area (Å²) in [4.78, 5) is 26.3. The highest BCUT2D eigenvalue weighted by atomic mass is 16.3. The normalized spacial score (nSPS) is 19.4. The molecule has 3 N–H and O–H groups in total. The molecule has 1 aromatic heterocycles. The summed E-state index contributed by atoms with van der Waals surface area (Å²) in [5.74, 6) is -0.357. The first-order chi connectivity index (χ1) is 16.5. The van der Waals surface area contributed by atoms with Crippen LogP contribution < -0.4 is 10.6 Å². The van der Waals surface area contributed by atoms with Gasteiger partial charge in [-0.1, -0.05) is 38.8 Å². The molecule has 2 aromatic rings. The van der Waals surface area contributed by atoms with Crippen molar-refractivity contribution in [3.8, 4) is 6.07 Å². The van der Waals surface area contributed by atoms with Crippen LogP contribution in [-0.4, -0.2) is 39.2 Å². The van der Waals surface area contributed by atoms with E-state index in [2.05, 4.69) is 22.8 Å². The first-order valence-corrected chi connectivity index (χ1v) is 12.8. The Kier molecular flexibility index (Phi) is 8.60. The maximum absolute atomic E-state index is 13.3. The van der Waals surface area contributed by atoms with E-state index in [-0.39, 0.29) is 23.8 Å². The second kappa shape index (κ2) is 11.3. The average molecular weight is 481 g/mol. The molecule has 0 radical (unpaired) electrons. The van der Waals surface area contributed by atoms with Gasteiger partial charge >= 0.3 is 0 Å². The molecule has 1 aliphatic carbocycles. The Morgan fingerprint density at radius 3 is 2.60 bits per heavy atom. The summed E-state index contributed by atoms with van der Waals surface area (Å²) >= 11 is 0. The summed E-state index contributed by atoms with van der Waals surface area (Å²) in [6, 6.07) is 9.44. The van der Waals surface area contributed by atoms with Crippen LogP contribution in [0.5, 0.6) is 0 Å². The summed E-state index contributed by atoms with van der Waals surface area (Å²) in [5, 5.41) is 26.5. The third-order valence-corrected chi connectivity index (χ3v) is 6.97. The fourth-order valence-electron chi connectivity index (χ4n) is 4.95. The van der Waals surface area contributed by atoms with Gasteiger partial charge in [0.15, 0.2) is 0 Å². The molecule has 0 spiro atoms. The number of aryl methyl sites for hydroxylation is 2. The first-order valence-electron chi connectivity index (χ1n) is 12.8. The van der Waals surface area contributed by atoms with Crippen LogP contribution >= 0.6 is 0 Å². The molecule has 1 aliphatic rings. The van der Waals surface area contributed by atoms with Crippen molar-refractivity contribution in [1.29, 1.82) is 5.26 Å². The lowest BCUT2D eigenvalue weighted by Gasteiger charge is -2.32. The monoisotopic (exact) mass is 480 g/mol. The minimum absolute atomic E-state index is 0.143. The lowest BCUT2D eigenvalue weighted by Crippen LogP contribution is -2.50. The van der Waals surface area contributed by atoms with E-state index in [0.717, 1.165) is 42.1 Å². The van der Waals surface area contributed by atoms with Crippen LogP contribution in [0.15, 0.2) is 24.3 Å². The van der Waals surface area contributed by atoms with Gasteiger partial charge < -0.3 is 20.3 Å². The molecular weight excluding hydrogens is 440 g/mol. The maximum atomic E-state index is 13.3. The number of nitriles is 1. The third kappa shape index (κ3) is 7.08. The molecule has 3 rings (SSSR count). The zero-order valence-corrected chi connectivity index (χ0v) is 21.7. The van der Waals surface area contributed by atoms with Gasteiger partial charge in [-0.25, -0.2) is 0 Å². The van der Waals surface area contributed by atoms with Crippen molar-refractivity contribution in [2.75, 3.05) is 0 Å². The molecule has 35 heavy (non-hydrogen) atoms. The molecule has 3 unspecified atom stereocenters. The molecule has 7 nitrogen and oxygen atoms in total. The third-order valence-electron chi connectivity index (χ3n) is 6.97. The minimum atomic E-state index is -0.723. The van der Waals surface area contributed by atoms with Crippen LogP contribution in [-0.2, 0) is 18.3 Å². The van der Waals surface area contributed by atoms with Crippen LogP contribution in [0.3, 0.4) is 0 Å². The van der Waals surface area contributed by atoms with Crippen LogP contribution in [0, 0.1) is 23.2 Å². The molecule has 0 aliphatic heterocycles. The minimum Gasteiger partial charge on any atom is -0.390 e. The standard InChI is InChI=1S/C28H40N4O3/c1-18(2)14-21(17-29)30-26(33)22-8-6-7-9-23(22)31-27(34)25-16-20-11-10-19(12-13-28(3,4)35)15-24(20)32(25)5/h10-11,15-16,18,21-23,35H,6-9,12-14H2,1-5H3,(H,30,33)(H,31,34). The largest absolute Gasteiger partial charge is 0.390 e. The quantitative estimate of drug-likeness (QED) is 0.499. The molecule has 0 bridgehead atoms. The average Bonchev–Trinajstić information content (AvgIpc) is 3.12. The topological polar surface area (TPSA) is 107 Å². The zero-order chi connectivity index (χ0) is 25.8. The molecule has 0 saturated heterocycles. The number of carbonyl (C=O) groups is 2. The van der Waals surface area contributed by atoms with Crippen molar-refractivity contribution < 1.29 is 14.7 Å². The molecule has 1 saturated carbocycles. The zero-order valence-electron chi connectivity index (χ0n) is 21.7. The highest BCUT2D eigenvalue weighted by molar-refractivity contribution is 5.99. The van der Waals surface area contributed by atoms with E-state index in [1.165, 1.54) is 0 Å². The SMILES string of the molecule is CC(C)CC(C#N)NC(=O)C1CCCCC1NC(=O)c1cc2ccc(CCC(C)(C)O)cc2n1C. The van der Waals surface area contributed by atoms with E-state index in [1.54, 1.807) is 13.8 Å². The fourth-order valence-corrected chi connectivity index (χ4v) is 4.95. The van der Waals surface area contributed by atoms with Gasteiger partial charge in [0.25, 0.3) is 5.91 Å². The number of nitrogens with one attached hydrogen (secondary N) is 2. The summed E-state index contributed by atoms with van der Waals surface area (Å²) in [6.07, 6.45) is 5.37. The van der Waals surface area contributed by atoms with Crippen LogP contribution in [0.4, 0.5) is 0 Å². The van der Waals surface area contributed by atoms with Gasteiger partial charge in [0, 0.05) is 24.0 Å². The molecule has 2 amide bonds. The highest BCUT2D eigenvalue weighted by Crippen LogP contribution is 2.27. The number of hydrogen-bond acceptors (Lipinski definition) is 4. The van der Waals surface area contributed by atoms with Crippen molar-refractivity contribution in [3.63, 3.8) is 0 Å². The van der Waals surface area contributed by atoms with Gasteiger partial charge in [-0.05, 0) is 69.6 Å². The lowest BCUT2D eigenvalue weighted by molar-refractivity contribution is -0.127. The number of aromatic nitrogens is 1. The van der Waals surface area contributed by atoms with E-state index < -0.39 is 11.6 Å². The number of benzene rings is 1. The summed E-state index contributed by atoms with van der Waals surface area (Å²) in [5.41, 5.74) is 1.91. The predicted octanol–water partition coefficient (Wildman–Crippen LogP) is 4.22. The molecule has 3 atom stereocenters. The van der Waals surface area contributed by atoms with Crippen molar-refractivity contribution in [2.24, 2.45) is 18.9 Å². The molecule has 7 heteroatoms. The Labute approximate surface area is 208 Å². The molecule has 190 valence electrons. The fraction of sp³-hybridized carbons (Fsp3) is 0.607. The lowest BCUT2D eigenvalue weighted by atomic mass is 9.83. The van der Waals surface area contributed by atoms with Crippen molar-refractivity contribution in [3.05, 3.63) is 35.5 Å². The summed E-state index contributed by atoms with van der Waals surface area (Å²) < 4.78 is 1.89. The van der Waals surface area contributed by atoms with Crippen LogP contribution in [0.25, 0.3) is 10.9 Å².